The monoisotopic (exact) mass is 317 g/mol. The molecule has 1 aliphatic rings. The average Bonchev–Trinajstić information content (AvgIpc) is 2.87. The van der Waals surface area contributed by atoms with E-state index in [1.165, 1.54) is 25.7 Å². The summed E-state index contributed by atoms with van der Waals surface area (Å²) in [4.78, 5) is 12.1. The minimum absolute atomic E-state index is 0.0129. The Labute approximate surface area is 128 Å². The maximum Gasteiger partial charge on any atom is 0.237 e. The first-order valence-electron chi connectivity index (χ1n) is 6.48. The second-order valence-electron chi connectivity index (χ2n) is 4.78. The van der Waals surface area contributed by atoms with Crippen molar-refractivity contribution >= 4 is 46.6 Å². The molecule has 1 saturated carbocycles. The summed E-state index contributed by atoms with van der Waals surface area (Å²) in [7, 11) is 0. The van der Waals surface area contributed by atoms with E-state index in [9.17, 15) is 4.79 Å². The summed E-state index contributed by atoms with van der Waals surface area (Å²) in [5, 5.41) is 4.25. The molecule has 1 fully saturated rings. The Hall–Kier alpha value is -0.380. The van der Waals surface area contributed by atoms with Gasteiger partial charge in [0.15, 0.2) is 0 Å². The number of carbonyl (C=O) groups is 1. The van der Waals surface area contributed by atoms with Gasteiger partial charge in [-0.25, -0.2) is 0 Å². The van der Waals surface area contributed by atoms with Crippen LogP contribution in [-0.4, -0.2) is 16.4 Å². The molecule has 1 aromatic carbocycles. The van der Waals surface area contributed by atoms with E-state index in [2.05, 4.69) is 5.32 Å². The Balaban J connectivity index is 1.94. The Morgan fingerprint density at radius 3 is 2.74 bits per heavy atom. The molecule has 5 heteroatoms. The lowest BCUT2D eigenvalue weighted by Gasteiger charge is -2.16. The maximum atomic E-state index is 12.1. The lowest BCUT2D eigenvalue weighted by Crippen LogP contribution is -2.24. The number of amides is 1. The van der Waals surface area contributed by atoms with Gasteiger partial charge in [-0.2, -0.15) is 0 Å². The van der Waals surface area contributed by atoms with Crippen molar-refractivity contribution in [3.63, 3.8) is 0 Å². The van der Waals surface area contributed by atoms with Crippen LogP contribution in [0.15, 0.2) is 18.2 Å². The number of nitrogens with one attached hydrogen (secondary N) is 1. The van der Waals surface area contributed by atoms with Crippen LogP contribution in [-0.2, 0) is 4.79 Å². The largest absolute Gasteiger partial charge is 0.324 e. The standard InChI is InChI=1S/C14H17Cl2NOS/c1-9(19-10-5-2-3-6-10)14(18)17-12-8-4-7-11(15)13(12)16/h4,7-10H,2-3,5-6H2,1H3,(H,17,18)/t9-/m1/s1. The molecule has 1 aliphatic carbocycles. The quantitative estimate of drug-likeness (QED) is 0.847. The van der Waals surface area contributed by atoms with Gasteiger partial charge in [0.05, 0.1) is 21.0 Å². The maximum absolute atomic E-state index is 12.1. The van der Waals surface area contributed by atoms with E-state index in [0.29, 0.717) is 21.0 Å². The first-order chi connectivity index (χ1) is 9.08. The van der Waals surface area contributed by atoms with E-state index in [1.54, 1.807) is 30.0 Å². The predicted octanol–water partition coefficient (Wildman–Crippen LogP) is 5.00. The molecule has 0 unspecified atom stereocenters. The highest BCUT2D eigenvalue weighted by atomic mass is 35.5. The predicted molar refractivity (Wildman–Crippen MR) is 84.4 cm³/mol. The normalized spacial score (nSPS) is 17.4. The zero-order chi connectivity index (χ0) is 13.8. The number of anilines is 1. The summed E-state index contributed by atoms with van der Waals surface area (Å²) >= 11 is 13.7. The summed E-state index contributed by atoms with van der Waals surface area (Å²) < 4.78 is 0. The summed E-state index contributed by atoms with van der Waals surface area (Å²) in [6, 6.07) is 5.24. The lowest BCUT2D eigenvalue weighted by molar-refractivity contribution is -0.115. The van der Waals surface area contributed by atoms with Crippen LogP contribution in [0.25, 0.3) is 0 Å². The van der Waals surface area contributed by atoms with E-state index >= 15 is 0 Å². The summed E-state index contributed by atoms with van der Waals surface area (Å²) in [6.07, 6.45) is 5.01. The lowest BCUT2D eigenvalue weighted by atomic mass is 10.3. The minimum atomic E-state index is -0.0712. The highest BCUT2D eigenvalue weighted by molar-refractivity contribution is 8.01. The van der Waals surface area contributed by atoms with Crippen LogP contribution in [0.3, 0.4) is 0 Å². The van der Waals surface area contributed by atoms with Gasteiger partial charge < -0.3 is 5.32 Å². The minimum Gasteiger partial charge on any atom is -0.324 e. The van der Waals surface area contributed by atoms with Crippen molar-refractivity contribution in [1.29, 1.82) is 0 Å². The third-order valence-corrected chi connectivity index (χ3v) is 5.57. The van der Waals surface area contributed by atoms with Gasteiger partial charge in [-0.3, -0.25) is 4.79 Å². The molecule has 0 spiro atoms. The molecule has 1 aromatic rings. The van der Waals surface area contributed by atoms with Gasteiger partial charge >= 0.3 is 0 Å². The van der Waals surface area contributed by atoms with Crippen molar-refractivity contribution in [2.45, 2.75) is 43.1 Å². The Morgan fingerprint density at radius 1 is 1.37 bits per heavy atom. The van der Waals surface area contributed by atoms with Gasteiger partial charge in [-0.05, 0) is 31.9 Å². The van der Waals surface area contributed by atoms with E-state index in [0.717, 1.165) is 0 Å². The Bertz CT molecular complexity index is 461. The van der Waals surface area contributed by atoms with Crippen molar-refractivity contribution in [1.82, 2.24) is 0 Å². The number of halogens is 2. The summed E-state index contributed by atoms with van der Waals surface area (Å²) in [5.74, 6) is -0.0129. The molecule has 0 aliphatic heterocycles. The van der Waals surface area contributed by atoms with Crippen LogP contribution in [0, 0.1) is 0 Å². The van der Waals surface area contributed by atoms with Gasteiger partial charge in [0.2, 0.25) is 5.91 Å². The second kappa shape index (κ2) is 6.87. The van der Waals surface area contributed by atoms with Gasteiger partial charge in [0.1, 0.15) is 0 Å². The van der Waals surface area contributed by atoms with Gasteiger partial charge in [0.25, 0.3) is 0 Å². The topological polar surface area (TPSA) is 29.1 Å². The molecule has 1 amide bonds. The average molecular weight is 318 g/mol. The van der Waals surface area contributed by atoms with Crippen molar-refractivity contribution in [3.8, 4) is 0 Å². The number of hydrogen-bond acceptors (Lipinski definition) is 2. The molecule has 0 heterocycles. The molecule has 2 rings (SSSR count). The summed E-state index contributed by atoms with van der Waals surface area (Å²) in [5.41, 5.74) is 0.582. The van der Waals surface area contributed by atoms with Crippen LogP contribution >= 0.6 is 35.0 Å². The van der Waals surface area contributed by atoms with Gasteiger partial charge in [-0.15, -0.1) is 11.8 Å². The van der Waals surface area contributed by atoms with Crippen LogP contribution in [0.1, 0.15) is 32.6 Å². The molecular weight excluding hydrogens is 301 g/mol. The third kappa shape index (κ3) is 4.04. The third-order valence-electron chi connectivity index (χ3n) is 3.28. The zero-order valence-electron chi connectivity index (χ0n) is 10.8. The zero-order valence-corrected chi connectivity index (χ0v) is 13.1. The molecule has 0 saturated heterocycles. The van der Waals surface area contributed by atoms with Crippen LogP contribution in [0.4, 0.5) is 5.69 Å². The molecule has 0 radical (unpaired) electrons. The van der Waals surface area contributed by atoms with Gasteiger partial charge in [0, 0.05) is 5.25 Å². The highest BCUT2D eigenvalue weighted by Gasteiger charge is 2.22. The van der Waals surface area contributed by atoms with E-state index in [1.807, 2.05) is 6.92 Å². The fourth-order valence-corrected chi connectivity index (χ4v) is 3.92. The number of benzene rings is 1. The van der Waals surface area contributed by atoms with Crippen molar-refractivity contribution in [2.75, 3.05) is 5.32 Å². The number of thioether (sulfide) groups is 1. The number of hydrogen-bond donors (Lipinski definition) is 1. The smallest absolute Gasteiger partial charge is 0.237 e. The number of rotatable bonds is 4. The van der Waals surface area contributed by atoms with Crippen LogP contribution in [0.5, 0.6) is 0 Å². The molecule has 104 valence electrons. The molecule has 1 atom stereocenters. The Kier molecular flexibility index (Phi) is 5.43. The Morgan fingerprint density at radius 2 is 2.05 bits per heavy atom. The molecule has 0 bridgehead atoms. The fraction of sp³-hybridized carbons (Fsp3) is 0.500. The highest BCUT2D eigenvalue weighted by Crippen LogP contribution is 2.33. The summed E-state index contributed by atoms with van der Waals surface area (Å²) in [6.45, 7) is 1.94. The second-order valence-corrected chi connectivity index (χ2v) is 7.21. The van der Waals surface area contributed by atoms with Crippen molar-refractivity contribution in [3.05, 3.63) is 28.2 Å². The SMILES string of the molecule is C[C@@H](SC1CCCC1)C(=O)Nc1cccc(Cl)c1Cl. The van der Waals surface area contributed by atoms with Crippen LogP contribution in [0.2, 0.25) is 10.0 Å². The van der Waals surface area contributed by atoms with Gasteiger partial charge in [-0.1, -0.05) is 42.1 Å². The molecule has 0 aromatic heterocycles. The fourth-order valence-electron chi connectivity index (χ4n) is 2.21. The van der Waals surface area contributed by atoms with Crippen molar-refractivity contribution in [2.24, 2.45) is 0 Å². The first-order valence-corrected chi connectivity index (χ1v) is 8.18. The molecule has 1 N–H and O–H groups in total. The van der Waals surface area contributed by atoms with Crippen LogP contribution < -0.4 is 5.32 Å². The molecular formula is C14H17Cl2NOS. The van der Waals surface area contributed by atoms with Crippen molar-refractivity contribution < 1.29 is 4.79 Å². The molecule has 19 heavy (non-hydrogen) atoms. The van der Waals surface area contributed by atoms with E-state index in [4.69, 9.17) is 23.2 Å². The first kappa shape index (κ1) is 15.0. The number of carbonyl (C=O) groups excluding carboxylic acids is 1. The van der Waals surface area contributed by atoms with E-state index in [-0.39, 0.29) is 11.2 Å². The van der Waals surface area contributed by atoms with E-state index < -0.39 is 0 Å². The molecule has 2 nitrogen and oxygen atoms in total.